The van der Waals surface area contributed by atoms with Crippen molar-refractivity contribution in [1.29, 1.82) is 0 Å². The Kier molecular flexibility index (Phi) is 5.82. The zero-order chi connectivity index (χ0) is 19.4. The average Bonchev–Trinajstić information content (AvgIpc) is 2.68. The van der Waals surface area contributed by atoms with Crippen LogP contribution in [0.3, 0.4) is 0 Å². The molecule has 0 unspecified atom stereocenters. The van der Waals surface area contributed by atoms with Gasteiger partial charge in [0.05, 0.1) is 24.2 Å². The molecule has 0 saturated heterocycles. The Balaban J connectivity index is 2.07. The van der Waals surface area contributed by atoms with E-state index in [1.807, 2.05) is 12.1 Å². The van der Waals surface area contributed by atoms with E-state index < -0.39 is 15.8 Å². The lowest BCUT2D eigenvalue weighted by Crippen LogP contribution is -2.31. The lowest BCUT2D eigenvalue weighted by molar-refractivity contribution is 0.414. The predicted molar refractivity (Wildman–Crippen MR) is 107 cm³/mol. The molecule has 3 aromatic carbocycles. The van der Waals surface area contributed by atoms with Crippen LogP contribution in [0.25, 0.3) is 0 Å². The molecule has 7 heteroatoms. The molecule has 0 radical (unpaired) electrons. The Morgan fingerprint density at radius 1 is 0.963 bits per heavy atom. The maximum Gasteiger partial charge on any atom is 0.264 e. The van der Waals surface area contributed by atoms with E-state index in [1.165, 1.54) is 37.4 Å². The summed E-state index contributed by atoms with van der Waals surface area (Å²) in [6.07, 6.45) is 0. The van der Waals surface area contributed by atoms with Gasteiger partial charge in [-0.2, -0.15) is 0 Å². The third-order valence-electron chi connectivity index (χ3n) is 4.01. The lowest BCUT2D eigenvalue weighted by atomic mass is 10.2. The monoisotopic (exact) mass is 449 g/mol. The van der Waals surface area contributed by atoms with E-state index in [-0.39, 0.29) is 17.1 Å². The molecule has 0 atom stereocenters. The molecule has 0 aliphatic rings. The zero-order valence-electron chi connectivity index (χ0n) is 14.5. The number of sulfonamides is 1. The topological polar surface area (TPSA) is 46.6 Å². The first-order valence-electron chi connectivity index (χ1n) is 8.07. The first-order valence-corrected chi connectivity index (χ1v) is 10.3. The van der Waals surface area contributed by atoms with Crippen LogP contribution in [-0.4, -0.2) is 15.5 Å². The van der Waals surface area contributed by atoms with Crippen molar-refractivity contribution in [2.75, 3.05) is 11.4 Å². The van der Waals surface area contributed by atoms with Crippen LogP contribution in [0.1, 0.15) is 5.56 Å². The van der Waals surface area contributed by atoms with E-state index in [0.29, 0.717) is 5.75 Å². The SMILES string of the molecule is COc1ccc(S(=O)(=O)N(Cc2ccc(Br)cc2)c2ccccc2F)cc1. The normalized spacial score (nSPS) is 11.2. The van der Waals surface area contributed by atoms with Crippen LogP contribution in [0, 0.1) is 5.82 Å². The predicted octanol–water partition coefficient (Wildman–Crippen LogP) is 4.99. The summed E-state index contributed by atoms with van der Waals surface area (Å²) in [5.41, 5.74) is 0.731. The molecule has 0 N–H and O–H groups in total. The minimum atomic E-state index is -3.98. The largest absolute Gasteiger partial charge is 0.497 e. The van der Waals surface area contributed by atoms with Crippen molar-refractivity contribution in [3.05, 3.63) is 88.6 Å². The van der Waals surface area contributed by atoms with E-state index in [4.69, 9.17) is 4.74 Å². The van der Waals surface area contributed by atoms with Gasteiger partial charge in [-0.25, -0.2) is 12.8 Å². The minimum absolute atomic E-state index is 0.00256. The molecular weight excluding hydrogens is 433 g/mol. The van der Waals surface area contributed by atoms with Gasteiger partial charge in [0.25, 0.3) is 10.0 Å². The Morgan fingerprint density at radius 3 is 2.19 bits per heavy atom. The van der Waals surface area contributed by atoms with Crippen molar-refractivity contribution in [3.8, 4) is 5.75 Å². The van der Waals surface area contributed by atoms with Crippen molar-refractivity contribution in [2.24, 2.45) is 0 Å². The summed E-state index contributed by atoms with van der Waals surface area (Å²) in [7, 11) is -2.48. The molecule has 0 aliphatic carbocycles. The number of para-hydroxylation sites is 1. The second-order valence-corrected chi connectivity index (χ2v) is 8.54. The van der Waals surface area contributed by atoms with Crippen molar-refractivity contribution in [2.45, 2.75) is 11.4 Å². The van der Waals surface area contributed by atoms with Gasteiger partial charge in [-0.15, -0.1) is 0 Å². The molecule has 0 aliphatic heterocycles. The van der Waals surface area contributed by atoms with Crippen molar-refractivity contribution < 1.29 is 17.5 Å². The summed E-state index contributed by atoms with van der Waals surface area (Å²) in [6, 6.07) is 19.1. The summed E-state index contributed by atoms with van der Waals surface area (Å²) in [4.78, 5) is 0.0589. The van der Waals surface area contributed by atoms with Gasteiger partial charge in [0, 0.05) is 4.47 Å². The summed E-state index contributed by atoms with van der Waals surface area (Å²) in [5, 5.41) is 0. The number of hydrogen-bond donors (Lipinski definition) is 0. The van der Waals surface area contributed by atoms with Crippen LogP contribution in [0.15, 0.2) is 82.2 Å². The van der Waals surface area contributed by atoms with Crippen LogP contribution in [0.5, 0.6) is 5.75 Å². The number of methoxy groups -OCH3 is 1. The average molecular weight is 450 g/mol. The molecule has 0 bridgehead atoms. The second-order valence-electron chi connectivity index (χ2n) is 5.77. The molecule has 3 aromatic rings. The van der Waals surface area contributed by atoms with E-state index >= 15 is 0 Å². The number of anilines is 1. The number of halogens is 2. The van der Waals surface area contributed by atoms with E-state index in [2.05, 4.69) is 15.9 Å². The van der Waals surface area contributed by atoms with Crippen LogP contribution in [0.2, 0.25) is 0 Å². The first-order chi connectivity index (χ1) is 12.9. The molecule has 27 heavy (non-hydrogen) atoms. The van der Waals surface area contributed by atoms with Crippen LogP contribution >= 0.6 is 15.9 Å². The third-order valence-corrected chi connectivity index (χ3v) is 6.31. The number of benzene rings is 3. The molecule has 0 amide bonds. The van der Waals surface area contributed by atoms with Crippen molar-refractivity contribution >= 4 is 31.6 Å². The van der Waals surface area contributed by atoms with Gasteiger partial charge >= 0.3 is 0 Å². The van der Waals surface area contributed by atoms with E-state index in [1.54, 1.807) is 30.3 Å². The Hall–Kier alpha value is -2.38. The lowest BCUT2D eigenvalue weighted by Gasteiger charge is -2.25. The molecule has 0 heterocycles. The number of rotatable bonds is 6. The van der Waals surface area contributed by atoms with Crippen LogP contribution in [-0.2, 0) is 16.6 Å². The molecule has 0 spiro atoms. The molecule has 0 fully saturated rings. The fourth-order valence-electron chi connectivity index (χ4n) is 2.58. The molecule has 140 valence electrons. The minimum Gasteiger partial charge on any atom is -0.497 e. The Bertz CT molecular complexity index is 1020. The highest BCUT2D eigenvalue weighted by Crippen LogP contribution is 2.29. The molecule has 0 saturated carbocycles. The Morgan fingerprint density at radius 2 is 1.59 bits per heavy atom. The molecular formula is C20H17BrFNO3S. The van der Waals surface area contributed by atoms with Crippen LogP contribution < -0.4 is 9.04 Å². The zero-order valence-corrected chi connectivity index (χ0v) is 16.9. The fourth-order valence-corrected chi connectivity index (χ4v) is 4.31. The molecule has 0 aromatic heterocycles. The van der Waals surface area contributed by atoms with Crippen molar-refractivity contribution in [1.82, 2.24) is 0 Å². The number of ether oxygens (including phenoxy) is 1. The van der Waals surface area contributed by atoms with E-state index in [9.17, 15) is 12.8 Å². The summed E-state index contributed by atoms with van der Waals surface area (Å²) in [6.45, 7) is 0.00256. The van der Waals surface area contributed by atoms with Gasteiger partial charge in [0.15, 0.2) is 0 Å². The van der Waals surface area contributed by atoms with Gasteiger partial charge in [-0.3, -0.25) is 4.31 Å². The van der Waals surface area contributed by atoms with Gasteiger partial charge in [-0.05, 0) is 54.1 Å². The Labute approximate surface area is 166 Å². The highest BCUT2D eigenvalue weighted by molar-refractivity contribution is 9.10. The highest BCUT2D eigenvalue weighted by atomic mass is 79.9. The van der Waals surface area contributed by atoms with Gasteiger partial charge in [-0.1, -0.05) is 40.2 Å². The molecule has 3 rings (SSSR count). The molecule has 4 nitrogen and oxygen atoms in total. The van der Waals surface area contributed by atoms with Crippen molar-refractivity contribution in [3.63, 3.8) is 0 Å². The van der Waals surface area contributed by atoms with Gasteiger partial charge in [0.2, 0.25) is 0 Å². The smallest absolute Gasteiger partial charge is 0.264 e. The van der Waals surface area contributed by atoms with Gasteiger partial charge in [0.1, 0.15) is 11.6 Å². The summed E-state index contributed by atoms with van der Waals surface area (Å²) in [5.74, 6) is -0.0639. The first kappa shape index (κ1) is 19.4. The van der Waals surface area contributed by atoms with Gasteiger partial charge < -0.3 is 4.74 Å². The summed E-state index contributed by atoms with van der Waals surface area (Å²) < 4.78 is 48.0. The fraction of sp³-hybridized carbons (Fsp3) is 0.100. The van der Waals surface area contributed by atoms with Crippen LogP contribution in [0.4, 0.5) is 10.1 Å². The number of hydrogen-bond acceptors (Lipinski definition) is 3. The summed E-state index contributed by atoms with van der Waals surface area (Å²) >= 11 is 3.35. The van der Waals surface area contributed by atoms with E-state index in [0.717, 1.165) is 14.3 Å². The maximum atomic E-state index is 14.4. The third kappa shape index (κ3) is 4.31. The standard InChI is InChI=1S/C20H17BrFNO3S/c1-26-17-10-12-18(13-11-17)27(24,25)23(20-5-3-2-4-19(20)22)14-15-6-8-16(21)9-7-15/h2-13H,14H2,1H3. The maximum absolute atomic E-state index is 14.4. The number of nitrogens with zero attached hydrogens (tertiary/aromatic N) is 1. The highest BCUT2D eigenvalue weighted by Gasteiger charge is 2.27. The quantitative estimate of drug-likeness (QED) is 0.532. The second kappa shape index (κ2) is 8.10.